The van der Waals surface area contributed by atoms with Crippen molar-refractivity contribution in [3.63, 3.8) is 0 Å². The average molecular weight is 278 g/mol. The number of methoxy groups -OCH3 is 1. The van der Waals surface area contributed by atoms with Gasteiger partial charge in [0.1, 0.15) is 0 Å². The van der Waals surface area contributed by atoms with E-state index in [1.165, 1.54) is 0 Å². The molecule has 0 aromatic carbocycles. The summed E-state index contributed by atoms with van der Waals surface area (Å²) >= 11 is 0. The molecule has 1 fully saturated rings. The van der Waals surface area contributed by atoms with E-state index in [4.69, 9.17) is 9.47 Å². The number of ether oxygens (including phenoxy) is 2. The lowest BCUT2D eigenvalue weighted by atomic mass is 10.1. The molecule has 2 rings (SSSR count). The highest BCUT2D eigenvalue weighted by molar-refractivity contribution is 5.93. The highest BCUT2D eigenvalue weighted by atomic mass is 16.5. The van der Waals surface area contributed by atoms with Crippen molar-refractivity contribution >= 4 is 11.6 Å². The predicted molar refractivity (Wildman–Crippen MR) is 77.0 cm³/mol. The van der Waals surface area contributed by atoms with Gasteiger partial charge >= 0.3 is 0 Å². The molecule has 1 aliphatic heterocycles. The van der Waals surface area contributed by atoms with Crippen LogP contribution in [-0.4, -0.2) is 37.3 Å². The molecule has 1 aromatic heterocycles. The molecule has 20 heavy (non-hydrogen) atoms. The predicted octanol–water partition coefficient (Wildman–Crippen LogP) is 2.40. The van der Waals surface area contributed by atoms with Gasteiger partial charge in [0.05, 0.1) is 31.5 Å². The normalized spacial score (nSPS) is 18.6. The fourth-order valence-corrected chi connectivity index (χ4v) is 2.43. The molecular formula is C15H22N2O3. The van der Waals surface area contributed by atoms with Gasteiger partial charge in [-0.1, -0.05) is 0 Å². The third-order valence-electron chi connectivity index (χ3n) is 3.54. The Morgan fingerprint density at radius 2 is 2.35 bits per heavy atom. The Hall–Kier alpha value is -1.62. The minimum Gasteiger partial charge on any atom is -0.481 e. The molecular weight excluding hydrogens is 256 g/mol. The van der Waals surface area contributed by atoms with E-state index in [2.05, 4.69) is 4.98 Å². The van der Waals surface area contributed by atoms with E-state index in [9.17, 15) is 4.79 Å². The van der Waals surface area contributed by atoms with Crippen molar-refractivity contribution in [2.45, 2.75) is 38.7 Å². The molecule has 0 saturated carbocycles. The summed E-state index contributed by atoms with van der Waals surface area (Å²) in [6.07, 6.45) is 5.40. The Morgan fingerprint density at radius 1 is 1.50 bits per heavy atom. The van der Waals surface area contributed by atoms with E-state index in [1.54, 1.807) is 24.3 Å². The fourth-order valence-electron chi connectivity index (χ4n) is 2.43. The maximum Gasteiger partial charge on any atom is 0.229 e. The third-order valence-corrected chi connectivity index (χ3v) is 3.54. The number of amides is 1. The number of carbonyl (C=O) groups excluding carboxylic acids is 1. The van der Waals surface area contributed by atoms with Crippen LogP contribution in [-0.2, 0) is 9.53 Å². The van der Waals surface area contributed by atoms with Gasteiger partial charge in [0.25, 0.3) is 0 Å². The third kappa shape index (κ3) is 3.70. The summed E-state index contributed by atoms with van der Waals surface area (Å²) < 4.78 is 10.7. The first-order valence-electron chi connectivity index (χ1n) is 7.16. The average Bonchev–Trinajstić information content (AvgIpc) is 2.49. The fraction of sp³-hybridized carbons (Fsp3) is 0.600. The summed E-state index contributed by atoms with van der Waals surface area (Å²) in [4.78, 5) is 18.3. The molecule has 1 amide bonds. The number of rotatable bonds is 5. The van der Waals surface area contributed by atoms with E-state index < -0.39 is 0 Å². The highest BCUT2D eigenvalue weighted by Gasteiger charge is 2.22. The Morgan fingerprint density at radius 3 is 2.90 bits per heavy atom. The van der Waals surface area contributed by atoms with Crippen molar-refractivity contribution in [3.05, 3.63) is 18.3 Å². The number of nitrogens with zero attached hydrogens (tertiary/aromatic N) is 2. The summed E-state index contributed by atoms with van der Waals surface area (Å²) in [5.41, 5.74) is 0.800. The molecule has 1 aromatic rings. The van der Waals surface area contributed by atoms with E-state index in [0.29, 0.717) is 18.8 Å². The molecule has 5 heteroatoms. The van der Waals surface area contributed by atoms with Gasteiger partial charge in [0, 0.05) is 19.2 Å². The zero-order chi connectivity index (χ0) is 14.4. The Labute approximate surface area is 119 Å². The minimum atomic E-state index is 0.0662. The topological polar surface area (TPSA) is 51.7 Å². The molecule has 1 atom stereocenters. The lowest BCUT2D eigenvalue weighted by molar-refractivity contribution is -0.122. The second-order valence-electron chi connectivity index (χ2n) is 4.89. The van der Waals surface area contributed by atoms with Crippen LogP contribution in [0.5, 0.6) is 5.88 Å². The number of pyridine rings is 1. The standard InChI is InChI=1S/C15H22N2O3/c1-3-17(12-7-8-14(19-2)16-11-12)15(18)10-13-6-4-5-9-20-13/h7-8,11,13H,3-6,9-10H2,1-2H3. The van der Waals surface area contributed by atoms with Gasteiger partial charge < -0.3 is 14.4 Å². The molecule has 0 radical (unpaired) electrons. The number of hydrogen-bond acceptors (Lipinski definition) is 4. The molecule has 2 heterocycles. The van der Waals surface area contributed by atoms with E-state index in [-0.39, 0.29) is 12.0 Å². The van der Waals surface area contributed by atoms with Crippen molar-refractivity contribution in [3.8, 4) is 5.88 Å². The summed E-state index contributed by atoms with van der Waals surface area (Å²) in [7, 11) is 1.57. The molecule has 0 aliphatic carbocycles. The lowest BCUT2D eigenvalue weighted by Crippen LogP contribution is -2.35. The van der Waals surface area contributed by atoms with Gasteiger partial charge in [-0.05, 0) is 32.3 Å². The quantitative estimate of drug-likeness (QED) is 0.830. The summed E-state index contributed by atoms with van der Waals surface area (Å²) in [5, 5.41) is 0. The monoisotopic (exact) mass is 278 g/mol. The molecule has 0 N–H and O–H groups in total. The van der Waals surface area contributed by atoms with Crippen molar-refractivity contribution in [2.75, 3.05) is 25.2 Å². The Kier molecular flexibility index (Phi) is 5.35. The Bertz CT molecular complexity index is 427. The van der Waals surface area contributed by atoms with Gasteiger partial charge in [-0.3, -0.25) is 4.79 Å². The van der Waals surface area contributed by atoms with Crippen molar-refractivity contribution in [2.24, 2.45) is 0 Å². The molecule has 0 spiro atoms. The van der Waals surface area contributed by atoms with E-state index in [1.807, 2.05) is 13.0 Å². The zero-order valence-corrected chi connectivity index (χ0v) is 12.2. The highest BCUT2D eigenvalue weighted by Crippen LogP contribution is 2.20. The largest absolute Gasteiger partial charge is 0.481 e. The van der Waals surface area contributed by atoms with Gasteiger partial charge in [0.15, 0.2) is 0 Å². The van der Waals surface area contributed by atoms with Crippen LogP contribution in [0.1, 0.15) is 32.6 Å². The SMILES string of the molecule is CCN(C(=O)CC1CCCCO1)c1ccc(OC)nc1. The zero-order valence-electron chi connectivity index (χ0n) is 12.2. The summed E-state index contributed by atoms with van der Waals surface area (Å²) in [6, 6.07) is 3.62. The first-order valence-corrected chi connectivity index (χ1v) is 7.16. The smallest absolute Gasteiger partial charge is 0.229 e. The van der Waals surface area contributed by atoms with Crippen LogP contribution >= 0.6 is 0 Å². The van der Waals surface area contributed by atoms with Crippen LogP contribution in [0.25, 0.3) is 0 Å². The number of carbonyl (C=O) groups is 1. The van der Waals surface area contributed by atoms with Crippen molar-refractivity contribution < 1.29 is 14.3 Å². The minimum absolute atomic E-state index is 0.0662. The second kappa shape index (κ2) is 7.24. The number of hydrogen-bond donors (Lipinski definition) is 0. The molecule has 5 nitrogen and oxygen atoms in total. The summed E-state index contributed by atoms with van der Waals surface area (Å²) in [5.74, 6) is 0.638. The van der Waals surface area contributed by atoms with Gasteiger partial charge in [0.2, 0.25) is 11.8 Å². The van der Waals surface area contributed by atoms with E-state index in [0.717, 1.165) is 31.6 Å². The van der Waals surface area contributed by atoms with Crippen LogP contribution in [0.15, 0.2) is 18.3 Å². The van der Waals surface area contributed by atoms with Crippen LogP contribution in [0.2, 0.25) is 0 Å². The van der Waals surface area contributed by atoms with Crippen LogP contribution in [0.4, 0.5) is 5.69 Å². The first-order chi connectivity index (χ1) is 9.74. The van der Waals surface area contributed by atoms with E-state index >= 15 is 0 Å². The van der Waals surface area contributed by atoms with Crippen molar-refractivity contribution in [1.29, 1.82) is 0 Å². The lowest BCUT2D eigenvalue weighted by Gasteiger charge is -2.26. The molecule has 1 saturated heterocycles. The molecule has 110 valence electrons. The molecule has 1 aliphatic rings. The maximum atomic E-state index is 12.4. The van der Waals surface area contributed by atoms with Crippen LogP contribution in [0.3, 0.4) is 0 Å². The van der Waals surface area contributed by atoms with Gasteiger partial charge in [-0.25, -0.2) is 4.98 Å². The number of anilines is 1. The molecule has 1 unspecified atom stereocenters. The number of aromatic nitrogens is 1. The molecule has 0 bridgehead atoms. The Balaban J connectivity index is 2.00. The second-order valence-corrected chi connectivity index (χ2v) is 4.89. The van der Waals surface area contributed by atoms with Crippen LogP contribution < -0.4 is 9.64 Å². The first kappa shape index (κ1) is 14.8. The maximum absolute atomic E-state index is 12.4. The summed E-state index contributed by atoms with van der Waals surface area (Å²) in [6.45, 7) is 3.36. The van der Waals surface area contributed by atoms with Crippen LogP contribution in [0, 0.1) is 0 Å². The van der Waals surface area contributed by atoms with Gasteiger partial charge in [-0.15, -0.1) is 0 Å². The van der Waals surface area contributed by atoms with Crippen molar-refractivity contribution in [1.82, 2.24) is 4.98 Å². The van der Waals surface area contributed by atoms with Gasteiger partial charge in [-0.2, -0.15) is 0 Å².